The highest BCUT2D eigenvalue weighted by Gasteiger charge is 2.20. The lowest BCUT2D eigenvalue weighted by molar-refractivity contribution is 0.0591. The fraction of sp³-hybridized carbons (Fsp3) is 0.0588. The molecule has 0 aliphatic heterocycles. The maximum Gasteiger partial charge on any atom is 0.355 e. The number of aromatic nitrogens is 2. The molecule has 0 saturated carbocycles. The van der Waals surface area contributed by atoms with Crippen molar-refractivity contribution < 1.29 is 9.53 Å². The van der Waals surface area contributed by atoms with Gasteiger partial charge >= 0.3 is 5.97 Å². The Labute approximate surface area is 127 Å². The average molecular weight is 291 g/mol. The van der Waals surface area contributed by atoms with Gasteiger partial charge in [0.25, 0.3) is 0 Å². The molecule has 5 heteroatoms. The highest BCUT2D eigenvalue weighted by Crippen LogP contribution is 2.28. The predicted octanol–water partition coefficient (Wildman–Crippen LogP) is 3.13. The van der Waals surface area contributed by atoms with Crippen LogP contribution in [0.1, 0.15) is 16.2 Å². The first-order chi connectivity index (χ1) is 10.8. The minimum atomic E-state index is -0.485. The summed E-state index contributed by atoms with van der Waals surface area (Å²) in [5, 5.41) is 9.31. The molecule has 0 radical (unpaired) electrons. The topological polar surface area (TPSA) is 70.8 Å². The van der Waals surface area contributed by atoms with E-state index in [0.717, 1.165) is 16.9 Å². The van der Waals surface area contributed by atoms with Gasteiger partial charge in [0.1, 0.15) is 17.5 Å². The van der Waals surface area contributed by atoms with Crippen molar-refractivity contribution in [1.82, 2.24) is 9.55 Å². The van der Waals surface area contributed by atoms with Crippen LogP contribution in [0.25, 0.3) is 16.9 Å². The number of nitriles is 1. The molecule has 0 saturated heterocycles. The molecule has 0 bridgehead atoms. The van der Waals surface area contributed by atoms with Gasteiger partial charge in [0.15, 0.2) is 0 Å². The van der Waals surface area contributed by atoms with Crippen molar-refractivity contribution in [2.75, 3.05) is 7.11 Å². The van der Waals surface area contributed by atoms with Crippen molar-refractivity contribution in [2.24, 2.45) is 0 Å². The summed E-state index contributed by atoms with van der Waals surface area (Å²) in [5.41, 5.74) is 3.22. The SMILES string of the molecule is COC(=O)c1ccc(C#N)n1-c1cc[nH]c1-c1ccccc1. The number of H-pyrrole nitrogens is 1. The van der Waals surface area contributed by atoms with Crippen molar-refractivity contribution in [2.45, 2.75) is 0 Å². The number of methoxy groups -OCH3 is 1. The van der Waals surface area contributed by atoms with Crippen LogP contribution in [-0.4, -0.2) is 22.6 Å². The summed E-state index contributed by atoms with van der Waals surface area (Å²) < 4.78 is 6.40. The van der Waals surface area contributed by atoms with Gasteiger partial charge in [-0.2, -0.15) is 5.26 Å². The number of aromatic amines is 1. The standard InChI is InChI=1S/C17H13N3O2/c1-22-17(21)15-8-7-13(11-18)20(15)14-9-10-19-16(14)12-5-3-2-4-6-12/h2-10,19H,1H3. The minimum absolute atomic E-state index is 0.316. The number of hydrogen-bond acceptors (Lipinski definition) is 3. The van der Waals surface area contributed by atoms with Gasteiger partial charge in [-0.3, -0.25) is 4.57 Å². The van der Waals surface area contributed by atoms with Crippen LogP contribution in [0.5, 0.6) is 0 Å². The van der Waals surface area contributed by atoms with Crippen molar-refractivity contribution in [1.29, 1.82) is 5.26 Å². The number of nitrogens with zero attached hydrogens (tertiary/aromatic N) is 2. The van der Waals surface area contributed by atoms with Gasteiger partial charge in [0.05, 0.1) is 18.5 Å². The number of ether oxygens (including phenoxy) is 1. The third-order valence-electron chi connectivity index (χ3n) is 3.42. The number of carbonyl (C=O) groups is 1. The van der Waals surface area contributed by atoms with E-state index in [-0.39, 0.29) is 0 Å². The van der Waals surface area contributed by atoms with E-state index < -0.39 is 5.97 Å². The summed E-state index contributed by atoms with van der Waals surface area (Å²) in [6.07, 6.45) is 1.78. The summed E-state index contributed by atoms with van der Waals surface area (Å²) in [6, 6.07) is 16.8. The second kappa shape index (κ2) is 5.62. The maximum atomic E-state index is 11.9. The number of hydrogen-bond donors (Lipinski definition) is 1. The predicted molar refractivity (Wildman–Crippen MR) is 81.6 cm³/mol. The molecule has 108 valence electrons. The van der Waals surface area contributed by atoms with Crippen LogP contribution in [0, 0.1) is 11.3 Å². The molecule has 3 rings (SSSR count). The molecule has 0 aliphatic carbocycles. The molecule has 5 nitrogen and oxygen atoms in total. The number of benzene rings is 1. The van der Waals surface area contributed by atoms with E-state index in [1.165, 1.54) is 7.11 Å². The van der Waals surface area contributed by atoms with Crippen LogP contribution in [-0.2, 0) is 4.74 Å². The van der Waals surface area contributed by atoms with Gasteiger partial charge in [-0.05, 0) is 18.2 Å². The fourth-order valence-corrected chi connectivity index (χ4v) is 2.43. The third-order valence-corrected chi connectivity index (χ3v) is 3.42. The normalized spacial score (nSPS) is 10.2. The zero-order valence-corrected chi connectivity index (χ0v) is 11.9. The van der Waals surface area contributed by atoms with Gasteiger partial charge in [-0.15, -0.1) is 0 Å². The minimum Gasteiger partial charge on any atom is -0.464 e. The molecule has 22 heavy (non-hydrogen) atoms. The quantitative estimate of drug-likeness (QED) is 0.754. The molecule has 2 heterocycles. The number of nitrogens with one attached hydrogen (secondary N) is 1. The monoisotopic (exact) mass is 291 g/mol. The van der Waals surface area contributed by atoms with Crippen LogP contribution >= 0.6 is 0 Å². The molecule has 0 amide bonds. The van der Waals surface area contributed by atoms with Crippen molar-refractivity contribution in [3.8, 4) is 23.0 Å². The molecule has 0 spiro atoms. The second-order valence-electron chi connectivity index (χ2n) is 4.65. The molecule has 1 aromatic carbocycles. The maximum absolute atomic E-state index is 11.9. The smallest absolute Gasteiger partial charge is 0.355 e. The lowest BCUT2D eigenvalue weighted by Gasteiger charge is -2.10. The molecular weight excluding hydrogens is 278 g/mol. The van der Waals surface area contributed by atoms with E-state index in [0.29, 0.717) is 11.4 Å². The summed E-state index contributed by atoms with van der Waals surface area (Å²) in [4.78, 5) is 15.1. The lowest BCUT2D eigenvalue weighted by atomic mass is 10.1. The Morgan fingerprint density at radius 3 is 2.64 bits per heavy atom. The first-order valence-corrected chi connectivity index (χ1v) is 6.69. The zero-order valence-electron chi connectivity index (χ0n) is 11.9. The Hall–Kier alpha value is -3.26. The second-order valence-corrected chi connectivity index (χ2v) is 4.65. The number of rotatable bonds is 3. The van der Waals surface area contributed by atoms with Gasteiger partial charge in [-0.25, -0.2) is 4.79 Å². The van der Waals surface area contributed by atoms with E-state index >= 15 is 0 Å². The molecule has 2 aromatic heterocycles. The van der Waals surface area contributed by atoms with Crippen LogP contribution in [0.2, 0.25) is 0 Å². The van der Waals surface area contributed by atoms with E-state index in [4.69, 9.17) is 4.74 Å². The van der Waals surface area contributed by atoms with Crippen LogP contribution in [0.15, 0.2) is 54.7 Å². The van der Waals surface area contributed by atoms with Crippen LogP contribution in [0.4, 0.5) is 0 Å². The molecular formula is C17H13N3O2. The summed E-state index contributed by atoms with van der Waals surface area (Å²) in [5.74, 6) is -0.485. The average Bonchev–Trinajstić information content (AvgIpc) is 3.20. The van der Waals surface area contributed by atoms with Crippen molar-refractivity contribution in [3.63, 3.8) is 0 Å². The zero-order chi connectivity index (χ0) is 15.5. The molecule has 0 aliphatic rings. The van der Waals surface area contributed by atoms with Crippen LogP contribution < -0.4 is 0 Å². The summed E-state index contributed by atoms with van der Waals surface area (Å²) >= 11 is 0. The Bertz CT molecular complexity index is 854. The van der Waals surface area contributed by atoms with Gasteiger partial charge < -0.3 is 9.72 Å². The first-order valence-electron chi connectivity index (χ1n) is 6.69. The molecule has 0 fully saturated rings. The first kappa shape index (κ1) is 13.7. The highest BCUT2D eigenvalue weighted by molar-refractivity contribution is 5.89. The Morgan fingerprint density at radius 2 is 1.95 bits per heavy atom. The molecule has 0 atom stereocenters. The van der Waals surface area contributed by atoms with Crippen molar-refractivity contribution >= 4 is 5.97 Å². The van der Waals surface area contributed by atoms with Crippen molar-refractivity contribution in [3.05, 3.63) is 66.1 Å². The van der Waals surface area contributed by atoms with E-state index in [1.54, 1.807) is 22.9 Å². The summed E-state index contributed by atoms with van der Waals surface area (Å²) in [7, 11) is 1.32. The Kier molecular flexibility index (Phi) is 3.50. The van der Waals surface area contributed by atoms with E-state index in [2.05, 4.69) is 11.1 Å². The lowest BCUT2D eigenvalue weighted by Crippen LogP contribution is -2.10. The fourth-order valence-electron chi connectivity index (χ4n) is 2.43. The van der Waals surface area contributed by atoms with E-state index in [9.17, 15) is 10.1 Å². The van der Waals surface area contributed by atoms with E-state index in [1.807, 2.05) is 36.4 Å². The molecule has 1 N–H and O–H groups in total. The van der Waals surface area contributed by atoms with Gasteiger partial charge in [-0.1, -0.05) is 30.3 Å². The largest absolute Gasteiger partial charge is 0.464 e. The van der Waals surface area contributed by atoms with Gasteiger partial charge in [0.2, 0.25) is 0 Å². The number of carbonyl (C=O) groups excluding carboxylic acids is 1. The number of esters is 1. The third kappa shape index (κ3) is 2.17. The Morgan fingerprint density at radius 1 is 1.18 bits per heavy atom. The van der Waals surface area contributed by atoms with Gasteiger partial charge in [0, 0.05) is 11.8 Å². The Balaban J connectivity index is 2.22. The highest BCUT2D eigenvalue weighted by atomic mass is 16.5. The summed E-state index contributed by atoms with van der Waals surface area (Å²) in [6.45, 7) is 0. The molecule has 0 unspecified atom stereocenters. The molecule has 3 aromatic rings. The van der Waals surface area contributed by atoms with Crippen LogP contribution in [0.3, 0.4) is 0 Å².